The van der Waals surface area contributed by atoms with Crippen molar-refractivity contribution in [2.24, 2.45) is 4.99 Å². The highest BCUT2D eigenvalue weighted by Gasteiger charge is 2.22. The lowest BCUT2D eigenvalue weighted by Crippen LogP contribution is -2.19. The lowest BCUT2D eigenvalue weighted by molar-refractivity contribution is -0.116. The van der Waals surface area contributed by atoms with E-state index >= 15 is 0 Å². The van der Waals surface area contributed by atoms with Gasteiger partial charge in [-0.15, -0.1) is 0 Å². The Bertz CT molecular complexity index is 726. The number of ketones is 2. The van der Waals surface area contributed by atoms with Crippen LogP contribution in [0, 0.1) is 0 Å². The molecule has 0 fully saturated rings. The second-order valence-corrected chi connectivity index (χ2v) is 6.43. The van der Waals surface area contributed by atoms with Crippen LogP contribution in [-0.4, -0.2) is 24.3 Å². The predicted octanol–water partition coefficient (Wildman–Crippen LogP) is 4.28. The van der Waals surface area contributed by atoms with Gasteiger partial charge in [0.15, 0.2) is 5.78 Å². The van der Waals surface area contributed by atoms with Gasteiger partial charge in [-0.3, -0.25) is 14.6 Å². The highest BCUT2D eigenvalue weighted by molar-refractivity contribution is 9.12. The first-order valence-corrected chi connectivity index (χ1v) is 8.15. The second-order valence-electron chi connectivity index (χ2n) is 4.60. The second kappa shape index (κ2) is 7.61. The molecule has 0 aliphatic heterocycles. The van der Waals surface area contributed by atoms with Crippen LogP contribution in [0.25, 0.3) is 6.08 Å². The summed E-state index contributed by atoms with van der Waals surface area (Å²) in [5.41, 5.74) is 1.39. The van der Waals surface area contributed by atoms with Crippen LogP contribution in [0.15, 0.2) is 62.0 Å². The number of hydrogen-bond donors (Lipinski definition) is 0. The van der Waals surface area contributed by atoms with Crippen molar-refractivity contribution in [3.63, 3.8) is 0 Å². The number of rotatable bonds is 3. The minimum atomic E-state index is -0.332. The summed E-state index contributed by atoms with van der Waals surface area (Å²) in [6, 6.07) is 7.54. The van der Waals surface area contributed by atoms with Crippen LogP contribution in [0.2, 0.25) is 0 Å². The maximum absolute atomic E-state index is 12.3. The van der Waals surface area contributed by atoms with Gasteiger partial charge in [0.25, 0.3) is 0 Å². The third-order valence-corrected chi connectivity index (χ3v) is 4.19. The van der Waals surface area contributed by atoms with Gasteiger partial charge in [0.05, 0.1) is 11.3 Å². The van der Waals surface area contributed by atoms with Gasteiger partial charge in [0.2, 0.25) is 5.78 Å². The number of carbonyl (C=O) groups excluding carboxylic acids is 2. The standard InChI is InChI=1S/C17H13Br2NO2/c1-20-15-8-7-13(19)10-14(17(15)22)16(21)9-4-11-2-5-12(18)6-3-11/h2-7,9-10H,8H2,1H3/b9-4+,20-15?. The fourth-order valence-corrected chi connectivity index (χ4v) is 2.57. The van der Waals surface area contributed by atoms with Crippen molar-refractivity contribution in [3.8, 4) is 0 Å². The number of benzene rings is 1. The molecule has 112 valence electrons. The van der Waals surface area contributed by atoms with Crippen molar-refractivity contribution in [2.75, 3.05) is 7.05 Å². The molecule has 0 amide bonds. The number of aliphatic imine (C=N–C) groups is 1. The van der Waals surface area contributed by atoms with Gasteiger partial charge in [-0.05, 0) is 29.8 Å². The summed E-state index contributed by atoms with van der Waals surface area (Å²) in [6.07, 6.45) is 6.88. The number of nitrogens with zero attached hydrogens (tertiary/aromatic N) is 1. The molecule has 0 bridgehead atoms. The Hall–Kier alpha value is -1.59. The fourth-order valence-electron chi connectivity index (χ4n) is 1.92. The molecule has 0 N–H and O–H groups in total. The van der Waals surface area contributed by atoms with Crippen LogP contribution < -0.4 is 0 Å². The molecule has 0 atom stereocenters. The summed E-state index contributed by atoms with van der Waals surface area (Å²) in [5, 5.41) is 0. The molecule has 3 nitrogen and oxygen atoms in total. The van der Waals surface area contributed by atoms with Crippen LogP contribution in [0.3, 0.4) is 0 Å². The van der Waals surface area contributed by atoms with Gasteiger partial charge in [0.1, 0.15) is 0 Å². The number of allylic oxidation sites excluding steroid dienone is 5. The Labute approximate surface area is 145 Å². The van der Waals surface area contributed by atoms with E-state index in [1.54, 1.807) is 19.2 Å². The molecule has 1 aromatic carbocycles. The monoisotopic (exact) mass is 421 g/mol. The highest BCUT2D eigenvalue weighted by Crippen LogP contribution is 2.19. The van der Waals surface area contributed by atoms with Crippen LogP contribution >= 0.6 is 31.9 Å². The molecule has 0 saturated carbocycles. The first kappa shape index (κ1) is 16.8. The fraction of sp³-hybridized carbons (Fsp3) is 0.118. The molecule has 1 aromatic rings. The van der Waals surface area contributed by atoms with Crippen LogP contribution in [0.1, 0.15) is 12.0 Å². The molecule has 0 aromatic heterocycles. The summed E-state index contributed by atoms with van der Waals surface area (Å²) in [6.45, 7) is 0. The maximum atomic E-state index is 12.3. The molecule has 0 heterocycles. The lowest BCUT2D eigenvalue weighted by atomic mass is 10.0. The van der Waals surface area contributed by atoms with Crippen molar-refractivity contribution in [2.45, 2.75) is 6.42 Å². The van der Waals surface area contributed by atoms with Crippen molar-refractivity contribution in [1.82, 2.24) is 0 Å². The first-order chi connectivity index (χ1) is 10.5. The Morgan fingerprint density at radius 3 is 2.55 bits per heavy atom. The van der Waals surface area contributed by atoms with E-state index in [4.69, 9.17) is 0 Å². The summed E-state index contributed by atoms with van der Waals surface area (Å²) >= 11 is 6.69. The van der Waals surface area contributed by atoms with Crippen LogP contribution in [0.4, 0.5) is 0 Å². The van der Waals surface area contributed by atoms with Gasteiger partial charge < -0.3 is 0 Å². The molecule has 1 aliphatic carbocycles. The molecule has 1 aliphatic rings. The average molecular weight is 423 g/mol. The third-order valence-electron chi connectivity index (χ3n) is 3.11. The molecule has 0 radical (unpaired) electrons. The smallest absolute Gasteiger partial charge is 0.211 e. The number of carbonyl (C=O) groups is 2. The van der Waals surface area contributed by atoms with Crippen molar-refractivity contribution < 1.29 is 9.59 Å². The van der Waals surface area contributed by atoms with Crippen molar-refractivity contribution in [1.29, 1.82) is 0 Å². The van der Waals surface area contributed by atoms with Gasteiger partial charge in [-0.2, -0.15) is 0 Å². The van der Waals surface area contributed by atoms with Gasteiger partial charge in [-0.1, -0.05) is 56.1 Å². The highest BCUT2D eigenvalue weighted by atomic mass is 79.9. The molecule has 0 unspecified atom stereocenters. The Morgan fingerprint density at radius 2 is 1.91 bits per heavy atom. The van der Waals surface area contributed by atoms with E-state index < -0.39 is 0 Å². The van der Waals surface area contributed by atoms with E-state index in [-0.39, 0.29) is 17.1 Å². The lowest BCUT2D eigenvalue weighted by Gasteiger charge is -2.02. The van der Waals surface area contributed by atoms with E-state index in [2.05, 4.69) is 36.9 Å². The minimum Gasteiger partial charge on any atom is -0.289 e. The van der Waals surface area contributed by atoms with E-state index in [0.29, 0.717) is 16.6 Å². The first-order valence-electron chi connectivity index (χ1n) is 6.57. The van der Waals surface area contributed by atoms with E-state index in [1.807, 2.05) is 30.3 Å². The molecular weight excluding hydrogens is 410 g/mol. The van der Waals surface area contributed by atoms with Crippen molar-refractivity contribution >= 4 is 55.2 Å². The van der Waals surface area contributed by atoms with Gasteiger partial charge in [0, 0.05) is 22.4 Å². The van der Waals surface area contributed by atoms with E-state index in [1.165, 1.54) is 6.08 Å². The van der Waals surface area contributed by atoms with Crippen LogP contribution in [-0.2, 0) is 9.59 Å². The summed E-state index contributed by atoms with van der Waals surface area (Å²) in [5.74, 6) is -0.653. The predicted molar refractivity (Wildman–Crippen MR) is 96.3 cm³/mol. The number of Topliss-reactive ketones (excluding diaryl/α,β-unsaturated/α-hetero) is 1. The van der Waals surface area contributed by atoms with Gasteiger partial charge in [-0.25, -0.2) is 0 Å². The minimum absolute atomic E-state index is 0.120. The van der Waals surface area contributed by atoms with Crippen molar-refractivity contribution in [3.05, 3.63) is 62.6 Å². The van der Waals surface area contributed by atoms with E-state index in [9.17, 15) is 9.59 Å². The average Bonchev–Trinajstić information content (AvgIpc) is 2.65. The number of hydrogen-bond acceptors (Lipinski definition) is 3. The maximum Gasteiger partial charge on any atom is 0.211 e. The molecule has 22 heavy (non-hydrogen) atoms. The Balaban J connectivity index is 2.25. The zero-order valence-electron chi connectivity index (χ0n) is 11.8. The molecule has 5 heteroatoms. The zero-order valence-corrected chi connectivity index (χ0v) is 15.0. The Morgan fingerprint density at radius 1 is 1.23 bits per heavy atom. The topological polar surface area (TPSA) is 46.5 Å². The zero-order chi connectivity index (χ0) is 16.1. The van der Waals surface area contributed by atoms with Crippen LogP contribution in [0.5, 0.6) is 0 Å². The third kappa shape index (κ3) is 4.21. The molecule has 2 rings (SSSR count). The summed E-state index contributed by atoms with van der Waals surface area (Å²) in [4.78, 5) is 28.6. The summed E-state index contributed by atoms with van der Waals surface area (Å²) < 4.78 is 1.68. The normalized spacial score (nSPS) is 17.4. The SMILES string of the molecule is CN=C1CC=C(Br)C=C(C(=O)/C=C/c2ccc(Br)cc2)C1=O. The number of halogens is 2. The quantitative estimate of drug-likeness (QED) is 0.539. The largest absolute Gasteiger partial charge is 0.289 e. The Kier molecular flexibility index (Phi) is 5.80. The van der Waals surface area contributed by atoms with E-state index in [0.717, 1.165) is 10.0 Å². The van der Waals surface area contributed by atoms with Gasteiger partial charge >= 0.3 is 0 Å². The molecule has 0 saturated heterocycles. The molecule has 0 spiro atoms. The summed E-state index contributed by atoms with van der Waals surface area (Å²) in [7, 11) is 1.56. The molecular formula is C17H13Br2NO2.